The third-order valence-electron chi connectivity index (χ3n) is 4.28. The topological polar surface area (TPSA) is 91.2 Å². The number of aromatic nitrogens is 2. The van der Waals surface area contributed by atoms with Crippen LogP contribution in [-0.2, 0) is 16.1 Å². The third-order valence-corrected chi connectivity index (χ3v) is 4.77. The lowest BCUT2D eigenvalue weighted by Gasteiger charge is -2.14. The molecule has 0 bridgehead atoms. The van der Waals surface area contributed by atoms with Gasteiger partial charge in [0.15, 0.2) is 5.82 Å². The molecular weight excluding hydrogens is 388 g/mol. The number of amides is 2. The van der Waals surface area contributed by atoms with Gasteiger partial charge in [-0.05, 0) is 30.3 Å². The van der Waals surface area contributed by atoms with Crippen LogP contribution < -0.4 is 5.32 Å². The molecule has 1 aliphatic rings. The highest BCUT2D eigenvalue weighted by atomic mass is 79.9. The maximum atomic E-state index is 12.5. The molecule has 1 atom stereocenters. The zero-order chi connectivity index (χ0) is 17.4. The summed E-state index contributed by atoms with van der Waals surface area (Å²) in [4.78, 5) is 26.3. The van der Waals surface area contributed by atoms with Crippen molar-refractivity contribution < 1.29 is 14.0 Å². The minimum absolute atomic E-state index is 0.0487. The highest BCUT2D eigenvalue weighted by molar-refractivity contribution is 9.10. The Morgan fingerprint density at radius 2 is 2.32 bits per heavy atom. The number of hydrogen-bond donors (Lipinski definition) is 2. The van der Waals surface area contributed by atoms with Crippen LogP contribution in [0.2, 0.25) is 0 Å². The zero-order valence-corrected chi connectivity index (χ0v) is 14.7. The molecule has 3 heterocycles. The Morgan fingerprint density at radius 1 is 1.44 bits per heavy atom. The van der Waals surface area contributed by atoms with Crippen LogP contribution in [0.1, 0.15) is 12.2 Å². The highest BCUT2D eigenvalue weighted by Crippen LogP contribution is 2.26. The number of H-pyrrole nitrogens is 1. The fourth-order valence-corrected chi connectivity index (χ4v) is 3.36. The van der Waals surface area contributed by atoms with Crippen LogP contribution in [0.4, 0.5) is 5.82 Å². The summed E-state index contributed by atoms with van der Waals surface area (Å²) >= 11 is 3.40. The van der Waals surface area contributed by atoms with Crippen molar-refractivity contribution in [3.8, 4) is 0 Å². The predicted octanol–water partition coefficient (Wildman–Crippen LogP) is 2.91. The number of carbonyl (C=O) groups excluding carboxylic acids is 2. The quantitative estimate of drug-likeness (QED) is 0.701. The molecule has 2 amide bonds. The van der Waals surface area contributed by atoms with E-state index in [1.54, 1.807) is 17.2 Å². The lowest BCUT2D eigenvalue weighted by atomic mass is 10.1. The molecule has 1 aromatic carbocycles. The van der Waals surface area contributed by atoms with Gasteiger partial charge in [-0.3, -0.25) is 14.7 Å². The number of carbonyl (C=O) groups is 2. The molecule has 4 rings (SSSR count). The van der Waals surface area contributed by atoms with Crippen LogP contribution in [0.5, 0.6) is 0 Å². The number of hydrogen-bond acceptors (Lipinski definition) is 4. The molecule has 0 aliphatic carbocycles. The fraction of sp³-hybridized carbons (Fsp3) is 0.235. The molecule has 25 heavy (non-hydrogen) atoms. The maximum Gasteiger partial charge on any atom is 0.231 e. The van der Waals surface area contributed by atoms with E-state index in [1.807, 2.05) is 24.3 Å². The van der Waals surface area contributed by atoms with Gasteiger partial charge in [0.1, 0.15) is 5.76 Å². The summed E-state index contributed by atoms with van der Waals surface area (Å²) in [6.07, 6.45) is 1.77. The van der Waals surface area contributed by atoms with Crippen molar-refractivity contribution in [3.63, 3.8) is 0 Å². The van der Waals surface area contributed by atoms with Gasteiger partial charge in [-0.1, -0.05) is 15.9 Å². The fourth-order valence-electron chi connectivity index (χ4n) is 3.00. The van der Waals surface area contributed by atoms with E-state index < -0.39 is 5.92 Å². The normalized spacial score (nSPS) is 17.4. The first kappa shape index (κ1) is 15.9. The summed E-state index contributed by atoms with van der Waals surface area (Å²) in [5, 5.41) is 10.7. The Labute approximate surface area is 151 Å². The van der Waals surface area contributed by atoms with E-state index >= 15 is 0 Å². The molecule has 3 aromatic rings. The van der Waals surface area contributed by atoms with Crippen LogP contribution in [0.15, 0.2) is 45.5 Å². The van der Waals surface area contributed by atoms with E-state index in [0.29, 0.717) is 24.7 Å². The molecule has 0 spiro atoms. The van der Waals surface area contributed by atoms with Gasteiger partial charge in [-0.15, -0.1) is 0 Å². The molecule has 2 N–H and O–H groups in total. The van der Waals surface area contributed by atoms with Gasteiger partial charge in [0, 0.05) is 22.8 Å². The molecule has 0 saturated carbocycles. The summed E-state index contributed by atoms with van der Waals surface area (Å²) in [7, 11) is 0. The van der Waals surface area contributed by atoms with Gasteiger partial charge in [0.05, 0.1) is 24.2 Å². The number of halogens is 1. The third kappa shape index (κ3) is 3.17. The Kier molecular flexibility index (Phi) is 4.04. The minimum Gasteiger partial charge on any atom is -0.467 e. The van der Waals surface area contributed by atoms with Gasteiger partial charge in [-0.25, -0.2) is 0 Å². The second-order valence-electron chi connectivity index (χ2n) is 6.01. The molecular formula is C17H15BrN4O3. The van der Waals surface area contributed by atoms with Crippen molar-refractivity contribution in [1.29, 1.82) is 0 Å². The molecule has 1 saturated heterocycles. The average Bonchev–Trinajstić information content (AvgIpc) is 3.30. The average molecular weight is 403 g/mol. The number of fused-ring (bicyclic) bond motifs is 1. The zero-order valence-electron chi connectivity index (χ0n) is 13.2. The maximum absolute atomic E-state index is 12.5. The first-order valence-corrected chi connectivity index (χ1v) is 8.64. The Balaban J connectivity index is 1.45. The number of benzene rings is 1. The predicted molar refractivity (Wildman–Crippen MR) is 94.7 cm³/mol. The molecule has 8 heteroatoms. The smallest absolute Gasteiger partial charge is 0.231 e. The van der Waals surface area contributed by atoms with Gasteiger partial charge >= 0.3 is 0 Å². The van der Waals surface area contributed by atoms with Crippen molar-refractivity contribution in [1.82, 2.24) is 15.1 Å². The number of nitrogens with zero attached hydrogens (tertiary/aromatic N) is 2. The van der Waals surface area contributed by atoms with Crippen molar-refractivity contribution >= 4 is 44.5 Å². The number of aromatic amines is 1. The number of rotatable bonds is 4. The summed E-state index contributed by atoms with van der Waals surface area (Å²) in [5.41, 5.74) is 0.826. The van der Waals surface area contributed by atoms with Crippen LogP contribution in [0, 0.1) is 5.92 Å². The highest BCUT2D eigenvalue weighted by Gasteiger charge is 2.35. The van der Waals surface area contributed by atoms with Crippen molar-refractivity contribution in [2.24, 2.45) is 5.92 Å². The lowest BCUT2D eigenvalue weighted by molar-refractivity contribution is -0.128. The van der Waals surface area contributed by atoms with Crippen molar-refractivity contribution in [3.05, 3.63) is 46.8 Å². The summed E-state index contributed by atoms with van der Waals surface area (Å²) in [6, 6.07) is 9.25. The van der Waals surface area contributed by atoms with Crippen LogP contribution in [0.25, 0.3) is 10.9 Å². The second kappa shape index (κ2) is 6.36. The SMILES string of the molecule is O=C(Nc1n[nH]c2cc(Br)ccc12)C1CC(=O)N(Cc2ccco2)C1. The Hall–Kier alpha value is -2.61. The molecule has 1 aliphatic heterocycles. The molecule has 2 aromatic heterocycles. The summed E-state index contributed by atoms with van der Waals surface area (Å²) in [6.45, 7) is 0.758. The van der Waals surface area contributed by atoms with E-state index in [-0.39, 0.29) is 18.2 Å². The summed E-state index contributed by atoms with van der Waals surface area (Å²) in [5.74, 6) is 0.534. The number of likely N-dealkylation sites (tertiary alicyclic amines) is 1. The van der Waals surface area contributed by atoms with E-state index in [0.717, 1.165) is 15.4 Å². The van der Waals surface area contributed by atoms with E-state index in [9.17, 15) is 9.59 Å². The van der Waals surface area contributed by atoms with Gasteiger partial charge in [0.25, 0.3) is 0 Å². The molecule has 7 nitrogen and oxygen atoms in total. The van der Waals surface area contributed by atoms with Gasteiger partial charge in [0.2, 0.25) is 11.8 Å². The van der Waals surface area contributed by atoms with Gasteiger partial charge in [-0.2, -0.15) is 5.10 Å². The van der Waals surface area contributed by atoms with Crippen molar-refractivity contribution in [2.45, 2.75) is 13.0 Å². The van der Waals surface area contributed by atoms with Crippen molar-refractivity contribution in [2.75, 3.05) is 11.9 Å². The van der Waals surface area contributed by atoms with Crippen LogP contribution in [0.3, 0.4) is 0 Å². The molecule has 128 valence electrons. The van der Waals surface area contributed by atoms with E-state index in [2.05, 4.69) is 31.4 Å². The largest absolute Gasteiger partial charge is 0.467 e. The summed E-state index contributed by atoms with van der Waals surface area (Å²) < 4.78 is 6.20. The first-order valence-electron chi connectivity index (χ1n) is 7.85. The van der Waals surface area contributed by atoms with E-state index in [4.69, 9.17) is 4.42 Å². The second-order valence-corrected chi connectivity index (χ2v) is 6.92. The minimum atomic E-state index is -0.398. The Morgan fingerprint density at radius 3 is 3.12 bits per heavy atom. The van der Waals surface area contributed by atoms with Crippen LogP contribution >= 0.6 is 15.9 Å². The van der Waals surface area contributed by atoms with E-state index in [1.165, 1.54) is 0 Å². The van der Waals surface area contributed by atoms with Gasteiger partial charge < -0.3 is 14.6 Å². The number of furan rings is 1. The Bertz CT molecular complexity index is 935. The molecule has 1 unspecified atom stereocenters. The molecule has 1 fully saturated rings. The first-order chi connectivity index (χ1) is 12.1. The monoisotopic (exact) mass is 402 g/mol. The molecule has 0 radical (unpaired) electrons. The van der Waals surface area contributed by atoms with Crippen LogP contribution in [-0.4, -0.2) is 33.5 Å². The number of anilines is 1. The standard InChI is InChI=1S/C17H15BrN4O3/c18-11-3-4-13-14(7-11)20-21-16(13)19-17(24)10-6-15(23)22(8-10)9-12-2-1-5-25-12/h1-5,7,10H,6,8-9H2,(H2,19,20,21,24). The number of nitrogens with one attached hydrogen (secondary N) is 2. The lowest BCUT2D eigenvalue weighted by Crippen LogP contribution is -2.28.